The number of nitrogens with two attached hydrogens (primary N) is 1. The number of rotatable bonds is 1. The van der Waals surface area contributed by atoms with Crippen molar-refractivity contribution in [2.45, 2.75) is 13.5 Å². The van der Waals surface area contributed by atoms with E-state index in [0.29, 0.717) is 6.54 Å². The van der Waals surface area contributed by atoms with Crippen LogP contribution in [0.15, 0.2) is 18.5 Å². The summed E-state index contributed by atoms with van der Waals surface area (Å²) in [4.78, 5) is 4.36. The third-order valence-electron chi connectivity index (χ3n) is 2.31. The first kappa shape index (κ1) is 8.26. The van der Waals surface area contributed by atoms with Gasteiger partial charge in [0.1, 0.15) is 5.65 Å². The molecule has 2 aromatic heterocycles. The average molecular weight is 175 g/mol. The molecule has 0 amide bonds. The second-order valence-electron chi connectivity index (χ2n) is 3.34. The predicted molar refractivity (Wildman–Crippen MR) is 53.3 cm³/mol. The molecular weight excluding hydrogens is 162 g/mol. The molecule has 0 saturated carbocycles. The van der Waals surface area contributed by atoms with Crippen molar-refractivity contribution in [3.63, 3.8) is 0 Å². The van der Waals surface area contributed by atoms with E-state index >= 15 is 0 Å². The lowest BCUT2D eigenvalue weighted by atomic mass is 10.2. The lowest BCUT2D eigenvalue weighted by molar-refractivity contribution is 0.940. The molecule has 0 bridgehead atoms. The topological polar surface area (TPSA) is 43.8 Å². The van der Waals surface area contributed by atoms with Gasteiger partial charge in [-0.05, 0) is 24.1 Å². The molecule has 0 aliphatic carbocycles. The van der Waals surface area contributed by atoms with Crippen LogP contribution in [0.1, 0.15) is 11.1 Å². The van der Waals surface area contributed by atoms with Crippen LogP contribution in [0.5, 0.6) is 0 Å². The van der Waals surface area contributed by atoms with Crippen LogP contribution in [0.3, 0.4) is 0 Å². The Morgan fingerprint density at radius 2 is 2.31 bits per heavy atom. The SMILES string of the molecule is Cc1cn(C)c2ncc(CN)cc12. The molecule has 0 unspecified atom stereocenters. The molecule has 2 rings (SSSR count). The van der Waals surface area contributed by atoms with Gasteiger partial charge in [-0.3, -0.25) is 0 Å². The van der Waals surface area contributed by atoms with E-state index in [1.807, 2.05) is 17.8 Å². The minimum Gasteiger partial charge on any atom is -0.335 e. The van der Waals surface area contributed by atoms with Gasteiger partial charge in [0, 0.05) is 31.4 Å². The van der Waals surface area contributed by atoms with Gasteiger partial charge in [-0.2, -0.15) is 0 Å². The monoisotopic (exact) mass is 175 g/mol. The van der Waals surface area contributed by atoms with E-state index in [-0.39, 0.29) is 0 Å². The Balaban J connectivity index is 2.76. The van der Waals surface area contributed by atoms with Crippen molar-refractivity contribution < 1.29 is 0 Å². The van der Waals surface area contributed by atoms with Crippen LogP contribution < -0.4 is 5.73 Å². The number of hydrogen-bond donors (Lipinski definition) is 1. The third-order valence-corrected chi connectivity index (χ3v) is 2.31. The fourth-order valence-electron chi connectivity index (χ4n) is 1.60. The van der Waals surface area contributed by atoms with Gasteiger partial charge in [0.2, 0.25) is 0 Å². The highest BCUT2D eigenvalue weighted by molar-refractivity contribution is 5.80. The van der Waals surface area contributed by atoms with Crippen molar-refractivity contribution in [1.82, 2.24) is 9.55 Å². The molecular formula is C10H13N3. The van der Waals surface area contributed by atoms with Crippen LogP contribution in [0.4, 0.5) is 0 Å². The van der Waals surface area contributed by atoms with Crippen LogP contribution in [-0.2, 0) is 13.6 Å². The van der Waals surface area contributed by atoms with Gasteiger partial charge in [0.15, 0.2) is 0 Å². The number of aromatic nitrogens is 2. The lowest BCUT2D eigenvalue weighted by Gasteiger charge is -1.98. The minimum absolute atomic E-state index is 0.553. The minimum atomic E-state index is 0.553. The second kappa shape index (κ2) is 2.85. The molecule has 0 atom stereocenters. The molecule has 68 valence electrons. The van der Waals surface area contributed by atoms with E-state index < -0.39 is 0 Å². The van der Waals surface area contributed by atoms with E-state index in [2.05, 4.69) is 24.2 Å². The van der Waals surface area contributed by atoms with E-state index in [1.165, 1.54) is 10.9 Å². The molecule has 2 aromatic rings. The Bertz CT molecular complexity index is 443. The van der Waals surface area contributed by atoms with Crippen molar-refractivity contribution in [3.8, 4) is 0 Å². The fourth-order valence-corrected chi connectivity index (χ4v) is 1.60. The Morgan fingerprint density at radius 3 is 3.00 bits per heavy atom. The van der Waals surface area contributed by atoms with Gasteiger partial charge in [-0.25, -0.2) is 4.98 Å². The van der Waals surface area contributed by atoms with E-state index in [4.69, 9.17) is 5.73 Å². The molecule has 3 nitrogen and oxygen atoms in total. The zero-order valence-electron chi connectivity index (χ0n) is 7.91. The average Bonchev–Trinajstić information content (AvgIpc) is 2.42. The molecule has 0 aliphatic heterocycles. The fraction of sp³-hybridized carbons (Fsp3) is 0.300. The molecule has 0 saturated heterocycles. The summed E-state index contributed by atoms with van der Waals surface area (Å²) < 4.78 is 2.03. The van der Waals surface area contributed by atoms with E-state index in [1.54, 1.807) is 0 Å². The maximum absolute atomic E-state index is 5.55. The van der Waals surface area contributed by atoms with Crippen molar-refractivity contribution in [2.24, 2.45) is 12.8 Å². The van der Waals surface area contributed by atoms with Crippen LogP contribution in [0, 0.1) is 6.92 Å². The zero-order chi connectivity index (χ0) is 9.42. The lowest BCUT2D eigenvalue weighted by Crippen LogP contribution is -1.97. The highest BCUT2D eigenvalue weighted by Gasteiger charge is 2.03. The second-order valence-corrected chi connectivity index (χ2v) is 3.34. The molecule has 3 heteroatoms. The summed E-state index contributed by atoms with van der Waals surface area (Å²) in [6, 6.07) is 2.11. The molecule has 0 aromatic carbocycles. The molecule has 0 radical (unpaired) electrons. The molecule has 2 heterocycles. The maximum Gasteiger partial charge on any atom is 0.139 e. The summed E-state index contributed by atoms with van der Waals surface area (Å²) >= 11 is 0. The summed E-state index contributed by atoms with van der Waals surface area (Å²) in [5.74, 6) is 0. The zero-order valence-corrected chi connectivity index (χ0v) is 7.91. The maximum atomic E-state index is 5.55. The molecule has 0 aliphatic rings. The number of hydrogen-bond acceptors (Lipinski definition) is 2. The van der Waals surface area contributed by atoms with Crippen molar-refractivity contribution in [1.29, 1.82) is 0 Å². The Hall–Kier alpha value is -1.35. The van der Waals surface area contributed by atoms with Crippen LogP contribution in [0.2, 0.25) is 0 Å². The van der Waals surface area contributed by atoms with Crippen molar-refractivity contribution in [2.75, 3.05) is 0 Å². The van der Waals surface area contributed by atoms with Crippen LogP contribution >= 0.6 is 0 Å². The van der Waals surface area contributed by atoms with E-state index in [0.717, 1.165) is 11.2 Å². The van der Waals surface area contributed by atoms with Gasteiger partial charge < -0.3 is 10.3 Å². The number of fused-ring (bicyclic) bond motifs is 1. The standard InChI is InChI=1S/C10H13N3/c1-7-6-13(2)10-9(7)3-8(4-11)5-12-10/h3,5-6H,4,11H2,1-2H3. The number of pyridine rings is 1. The summed E-state index contributed by atoms with van der Waals surface area (Å²) in [5.41, 5.74) is 8.91. The van der Waals surface area contributed by atoms with Gasteiger partial charge in [-0.15, -0.1) is 0 Å². The summed E-state index contributed by atoms with van der Waals surface area (Å²) in [6.07, 6.45) is 3.92. The first-order chi connectivity index (χ1) is 6.22. The van der Waals surface area contributed by atoms with Crippen LogP contribution in [-0.4, -0.2) is 9.55 Å². The first-order valence-corrected chi connectivity index (χ1v) is 4.33. The summed E-state index contributed by atoms with van der Waals surface area (Å²) in [6.45, 7) is 2.64. The quantitative estimate of drug-likeness (QED) is 0.710. The van der Waals surface area contributed by atoms with Gasteiger partial charge in [0.25, 0.3) is 0 Å². The van der Waals surface area contributed by atoms with E-state index in [9.17, 15) is 0 Å². The summed E-state index contributed by atoms with van der Waals surface area (Å²) in [5, 5.41) is 1.20. The third kappa shape index (κ3) is 1.21. The van der Waals surface area contributed by atoms with Gasteiger partial charge >= 0.3 is 0 Å². The van der Waals surface area contributed by atoms with Crippen molar-refractivity contribution in [3.05, 3.63) is 29.6 Å². The van der Waals surface area contributed by atoms with Gasteiger partial charge in [-0.1, -0.05) is 0 Å². The highest BCUT2D eigenvalue weighted by Crippen LogP contribution is 2.18. The molecule has 2 N–H and O–H groups in total. The Labute approximate surface area is 77.2 Å². The Morgan fingerprint density at radius 1 is 1.54 bits per heavy atom. The smallest absolute Gasteiger partial charge is 0.139 e. The number of nitrogens with zero attached hydrogens (tertiary/aromatic N) is 2. The number of aryl methyl sites for hydroxylation is 2. The molecule has 0 fully saturated rings. The predicted octanol–water partition coefficient (Wildman–Crippen LogP) is 1.34. The normalized spacial score (nSPS) is 11.0. The highest BCUT2D eigenvalue weighted by atomic mass is 15.0. The largest absolute Gasteiger partial charge is 0.335 e. The van der Waals surface area contributed by atoms with Gasteiger partial charge in [0.05, 0.1) is 0 Å². The first-order valence-electron chi connectivity index (χ1n) is 4.33. The molecule has 0 spiro atoms. The van der Waals surface area contributed by atoms with Crippen LogP contribution in [0.25, 0.3) is 11.0 Å². The van der Waals surface area contributed by atoms with Crippen molar-refractivity contribution >= 4 is 11.0 Å². The Kier molecular flexibility index (Phi) is 1.81. The summed E-state index contributed by atoms with van der Waals surface area (Å²) in [7, 11) is 2.00. The molecule has 13 heavy (non-hydrogen) atoms.